The van der Waals surface area contributed by atoms with E-state index in [2.05, 4.69) is 10.6 Å². The minimum Gasteiger partial charge on any atom is -0.484 e. The number of thioether (sulfide) groups is 1. The summed E-state index contributed by atoms with van der Waals surface area (Å²) in [6.07, 6.45) is 1.57. The van der Waals surface area contributed by atoms with Crippen LogP contribution in [0.5, 0.6) is 5.75 Å². The Morgan fingerprint density at radius 2 is 1.58 bits per heavy atom. The van der Waals surface area contributed by atoms with Crippen molar-refractivity contribution in [3.05, 3.63) is 93.3 Å². The highest BCUT2D eigenvalue weighted by molar-refractivity contribution is 8.18. The van der Waals surface area contributed by atoms with Crippen molar-refractivity contribution in [1.82, 2.24) is 4.90 Å². The predicted molar refractivity (Wildman–Crippen MR) is 149 cm³/mol. The van der Waals surface area contributed by atoms with Gasteiger partial charge in [0.05, 0.1) is 4.91 Å². The van der Waals surface area contributed by atoms with Crippen LogP contribution in [0.3, 0.4) is 0 Å². The topological polar surface area (TPSA) is 105 Å². The maximum absolute atomic E-state index is 12.8. The molecule has 0 unspecified atom stereocenters. The van der Waals surface area contributed by atoms with E-state index in [1.165, 1.54) is 0 Å². The number of halogens is 1. The van der Waals surface area contributed by atoms with Crippen LogP contribution >= 0.6 is 23.4 Å². The maximum atomic E-state index is 12.8. The summed E-state index contributed by atoms with van der Waals surface area (Å²) in [5.74, 6) is -0.880. The number of nitrogens with zero attached hydrogens (tertiary/aromatic N) is 1. The van der Waals surface area contributed by atoms with E-state index >= 15 is 0 Å². The largest absolute Gasteiger partial charge is 0.484 e. The Labute approximate surface area is 229 Å². The van der Waals surface area contributed by atoms with Gasteiger partial charge < -0.3 is 15.4 Å². The highest BCUT2D eigenvalue weighted by atomic mass is 35.5. The number of hydrogen-bond acceptors (Lipinski definition) is 6. The Morgan fingerprint density at radius 3 is 2.26 bits per heavy atom. The van der Waals surface area contributed by atoms with Crippen LogP contribution in [0.2, 0.25) is 5.02 Å². The molecule has 0 aliphatic carbocycles. The van der Waals surface area contributed by atoms with Crippen molar-refractivity contribution in [2.45, 2.75) is 13.8 Å². The highest BCUT2D eigenvalue weighted by Crippen LogP contribution is 2.32. The zero-order chi connectivity index (χ0) is 27.2. The van der Waals surface area contributed by atoms with E-state index in [1.54, 1.807) is 48.5 Å². The number of hydrogen-bond donors (Lipinski definition) is 2. The molecule has 4 amide bonds. The summed E-state index contributed by atoms with van der Waals surface area (Å²) in [4.78, 5) is 50.8. The van der Waals surface area contributed by atoms with Gasteiger partial charge in [0.2, 0.25) is 5.91 Å². The minimum absolute atomic E-state index is 0.164. The standard InChI is InChI=1S/C28H24ClN3O5S/c1-17-3-8-20(9-4-17)30-26(34)16-37-22-11-6-19(7-12-22)13-24-27(35)32(28(36)38-24)15-25(33)31-21-10-5-18(2)23(29)14-21/h3-14H,15-16H2,1-2H3,(H,30,34)(H,31,33)/b24-13+. The Bertz CT molecular complexity index is 1420. The number of carbonyl (C=O) groups excluding carboxylic acids is 4. The van der Waals surface area contributed by atoms with Crippen LogP contribution < -0.4 is 15.4 Å². The van der Waals surface area contributed by atoms with Crippen molar-refractivity contribution in [1.29, 1.82) is 0 Å². The SMILES string of the molecule is Cc1ccc(NC(=O)COc2ccc(/C=C3/SC(=O)N(CC(=O)Nc4ccc(C)c(Cl)c4)C3=O)cc2)cc1. The van der Waals surface area contributed by atoms with Crippen molar-refractivity contribution in [2.24, 2.45) is 0 Å². The Balaban J connectivity index is 1.30. The third-order valence-electron chi connectivity index (χ3n) is 5.51. The van der Waals surface area contributed by atoms with Gasteiger partial charge in [0.1, 0.15) is 12.3 Å². The Morgan fingerprint density at radius 1 is 0.921 bits per heavy atom. The number of nitrogens with one attached hydrogen (secondary N) is 2. The molecule has 1 aliphatic heterocycles. The molecule has 0 atom stereocenters. The first-order valence-corrected chi connectivity index (χ1v) is 12.8. The van der Waals surface area contributed by atoms with Crippen molar-refractivity contribution in [3.63, 3.8) is 0 Å². The molecule has 0 saturated carbocycles. The van der Waals surface area contributed by atoms with Gasteiger partial charge >= 0.3 is 0 Å². The van der Waals surface area contributed by atoms with Crippen LogP contribution in [0.4, 0.5) is 16.2 Å². The molecule has 194 valence electrons. The molecule has 0 spiro atoms. The predicted octanol–water partition coefficient (Wildman–Crippen LogP) is 5.65. The molecular formula is C28H24ClN3O5S. The van der Waals surface area contributed by atoms with E-state index in [0.29, 0.717) is 27.7 Å². The second-order valence-corrected chi connectivity index (χ2v) is 9.95. The Kier molecular flexibility index (Phi) is 8.50. The van der Waals surface area contributed by atoms with Crippen LogP contribution in [0.15, 0.2) is 71.6 Å². The summed E-state index contributed by atoms with van der Waals surface area (Å²) in [5.41, 5.74) is 3.78. The van der Waals surface area contributed by atoms with Crippen LogP contribution in [0, 0.1) is 13.8 Å². The van der Waals surface area contributed by atoms with Gasteiger partial charge in [-0.25, -0.2) is 0 Å². The second kappa shape index (κ2) is 12.0. The zero-order valence-corrected chi connectivity index (χ0v) is 22.2. The first-order chi connectivity index (χ1) is 18.2. The van der Waals surface area contributed by atoms with Crippen molar-refractivity contribution >= 4 is 63.8 Å². The summed E-state index contributed by atoms with van der Waals surface area (Å²) in [5, 5.41) is 5.37. The summed E-state index contributed by atoms with van der Waals surface area (Å²) in [6.45, 7) is 3.23. The minimum atomic E-state index is -0.551. The lowest BCUT2D eigenvalue weighted by Gasteiger charge is -2.13. The van der Waals surface area contributed by atoms with Crippen molar-refractivity contribution in [2.75, 3.05) is 23.8 Å². The lowest BCUT2D eigenvalue weighted by atomic mass is 10.2. The van der Waals surface area contributed by atoms with Crippen LogP contribution in [0.1, 0.15) is 16.7 Å². The summed E-state index contributed by atoms with van der Waals surface area (Å²) in [6, 6.07) is 19.2. The quantitative estimate of drug-likeness (QED) is 0.352. The number of carbonyl (C=O) groups is 4. The molecule has 1 fully saturated rings. The molecule has 10 heteroatoms. The fraction of sp³-hybridized carbons (Fsp3) is 0.143. The number of aryl methyl sites for hydroxylation is 2. The Hall–Kier alpha value is -4.08. The van der Waals surface area contributed by atoms with Gasteiger partial charge in [-0.15, -0.1) is 0 Å². The number of imide groups is 1. The molecule has 0 bridgehead atoms. The van der Waals surface area contributed by atoms with Crippen LogP contribution in [-0.2, 0) is 14.4 Å². The highest BCUT2D eigenvalue weighted by Gasteiger charge is 2.36. The zero-order valence-electron chi connectivity index (χ0n) is 20.6. The molecule has 2 N–H and O–H groups in total. The van der Waals surface area contributed by atoms with Gasteiger partial charge in [-0.3, -0.25) is 24.1 Å². The smallest absolute Gasteiger partial charge is 0.294 e. The molecule has 4 rings (SSSR count). The fourth-order valence-electron chi connectivity index (χ4n) is 3.45. The molecule has 0 radical (unpaired) electrons. The first-order valence-electron chi connectivity index (χ1n) is 11.6. The fourth-order valence-corrected chi connectivity index (χ4v) is 4.46. The van der Waals surface area contributed by atoms with E-state index in [4.69, 9.17) is 16.3 Å². The monoisotopic (exact) mass is 549 g/mol. The third kappa shape index (κ3) is 7.02. The first kappa shape index (κ1) is 27.0. The maximum Gasteiger partial charge on any atom is 0.294 e. The molecule has 1 aliphatic rings. The van der Waals surface area contributed by atoms with Gasteiger partial charge in [-0.1, -0.05) is 47.5 Å². The lowest BCUT2D eigenvalue weighted by molar-refractivity contribution is -0.127. The van der Waals surface area contributed by atoms with Gasteiger partial charge in [0.25, 0.3) is 17.1 Å². The molecule has 3 aromatic rings. The van der Waals surface area contributed by atoms with E-state index in [-0.39, 0.29) is 17.4 Å². The van der Waals surface area contributed by atoms with Gasteiger partial charge in [-0.05, 0) is 79.2 Å². The molecule has 38 heavy (non-hydrogen) atoms. The average Bonchev–Trinajstić information content (AvgIpc) is 3.14. The van der Waals surface area contributed by atoms with Gasteiger partial charge in [0, 0.05) is 16.4 Å². The third-order valence-corrected chi connectivity index (χ3v) is 6.83. The molecule has 8 nitrogen and oxygen atoms in total. The van der Waals surface area contributed by atoms with E-state index in [1.807, 2.05) is 38.1 Å². The van der Waals surface area contributed by atoms with E-state index in [0.717, 1.165) is 27.8 Å². The lowest BCUT2D eigenvalue weighted by Crippen LogP contribution is -2.36. The number of amides is 4. The summed E-state index contributed by atoms with van der Waals surface area (Å²) < 4.78 is 5.53. The van der Waals surface area contributed by atoms with Crippen LogP contribution in [-0.4, -0.2) is 41.0 Å². The van der Waals surface area contributed by atoms with Crippen molar-refractivity contribution in [3.8, 4) is 5.75 Å². The molecule has 0 aromatic heterocycles. The van der Waals surface area contributed by atoms with Gasteiger partial charge in [0.15, 0.2) is 6.61 Å². The second-order valence-electron chi connectivity index (χ2n) is 8.55. The summed E-state index contributed by atoms with van der Waals surface area (Å²) >= 11 is 6.84. The van der Waals surface area contributed by atoms with Gasteiger partial charge in [-0.2, -0.15) is 0 Å². The van der Waals surface area contributed by atoms with Crippen LogP contribution in [0.25, 0.3) is 6.08 Å². The van der Waals surface area contributed by atoms with E-state index in [9.17, 15) is 19.2 Å². The molecule has 3 aromatic carbocycles. The molecular weight excluding hydrogens is 526 g/mol. The molecule has 1 saturated heterocycles. The summed E-state index contributed by atoms with van der Waals surface area (Å²) in [7, 11) is 0. The number of anilines is 2. The average molecular weight is 550 g/mol. The number of rotatable bonds is 8. The normalized spacial score (nSPS) is 14.1. The van der Waals surface area contributed by atoms with E-state index < -0.39 is 23.6 Å². The molecule has 1 heterocycles. The number of ether oxygens (including phenoxy) is 1. The van der Waals surface area contributed by atoms with Crippen molar-refractivity contribution < 1.29 is 23.9 Å². The number of benzene rings is 3.